The Labute approximate surface area is 106 Å². The van der Waals surface area contributed by atoms with Crippen molar-refractivity contribution in [3.63, 3.8) is 0 Å². The van der Waals surface area contributed by atoms with Crippen molar-refractivity contribution in [1.82, 2.24) is 0 Å². The minimum atomic E-state index is -0.495. The molecule has 1 aliphatic carbocycles. The molecule has 1 saturated carbocycles. The number of nitro groups is 1. The van der Waals surface area contributed by atoms with Crippen molar-refractivity contribution >= 4 is 11.4 Å². The zero-order valence-corrected chi connectivity index (χ0v) is 10.3. The van der Waals surface area contributed by atoms with Gasteiger partial charge in [-0.1, -0.05) is 12.8 Å². The fraction of sp³-hybridized carbons (Fsp3) is 0.462. The second-order valence-corrected chi connectivity index (χ2v) is 4.62. The zero-order valence-electron chi connectivity index (χ0n) is 10.3. The second-order valence-electron chi connectivity index (χ2n) is 4.62. The van der Waals surface area contributed by atoms with E-state index in [9.17, 15) is 10.1 Å². The number of nitro benzene ring substituents is 1. The van der Waals surface area contributed by atoms with Crippen LogP contribution in [0.15, 0.2) is 18.2 Å². The number of benzene rings is 1. The van der Waals surface area contributed by atoms with Crippen molar-refractivity contribution in [1.29, 1.82) is 5.26 Å². The largest absolute Gasteiger partial charge is 0.371 e. The van der Waals surface area contributed by atoms with Gasteiger partial charge in [-0.3, -0.25) is 10.1 Å². The van der Waals surface area contributed by atoms with Gasteiger partial charge in [-0.2, -0.15) is 5.26 Å². The summed E-state index contributed by atoms with van der Waals surface area (Å²) in [5.74, 6) is 0. The molecule has 0 unspecified atom stereocenters. The predicted molar refractivity (Wildman–Crippen MR) is 68.5 cm³/mol. The summed E-state index contributed by atoms with van der Waals surface area (Å²) in [5.41, 5.74) is 0.816. The smallest absolute Gasteiger partial charge is 0.289 e. The Morgan fingerprint density at radius 3 is 2.67 bits per heavy atom. The standard InChI is InChI=1S/C13H15N3O2/c1-15(11-4-2-3-5-11)12-7-6-10(9-14)13(8-12)16(17)18/h6-8,11H,2-5H2,1H3. The highest BCUT2D eigenvalue weighted by atomic mass is 16.6. The number of rotatable bonds is 3. The Kier molecular flexibility index (Phi) is 3.47. The summed E-state index contributed by atoms with van der Waals surface area (Å²) < 4.78 is 0. The Hall–Kier alpha value is -2.09. The Morgan fingerprint density at radius 1 is 1.44 bits per heavy atom. The third kappa shape index (κ3) is 2.28. The monoisotopic (exact) mass is 245 g/mol. The van der Waals surface area contributed by atoms with Crippen LogP contribution in [0.1, 0.15) is 31.2 Å². The van der Waals surface area contributed by atoms with Gasteiger partial charge in [0.2, 0.25) is 0 Å². The number of nitrogens with zero attached hydrogens (tertiary/aromatic N) is 3. The molecule has 1 aromatic carbocycles. The summed E-state index contributed by atoms with van der Waals surface area (Å²) in [5, 5.41) is 19.8. The van der Waals surface area contributed by atoms with E-state index >= 15 is 0 Å². The van der Waals surface area contributed by atoms with E-state index in [4.69, 9.17) is 5.26 Å². The molecule has 2 rings (SSSR count). The number of hydrogen-bond acceptors (Lipinski definition) is 4. The van der Waals surface area contributed by atoms with Crippen molar-refractivity contribution in [3.8, 4) is 6.07 Å². The molecule has 1 aliphatic rings. The lowest BCUT2D eigenvalue weighted by Gasteiger charge is -2.26. The van der Waals surface area contributed by atoms with Gasteiger partial charge < -0.3 is 4.90 Å². The SMILES string of the molecule is CN(c1ccc(C#N)c([N+](=O)[O-])c1)C1CCCC1. The van der Waals surface area contributed by atoms with Crippen molar-refractivity contribution in [2.75, 3.05) is 11.9 Å². The zero-order chi connectivity index (χ0) is 13.1. The fourth-order valence-electron chi connectivity index (χ4n) is 2.49. The summed E-state index contributed by atoms with van der Waals surface area (Å²) in [6, 6.07) is 7.11. The lowest BCUT2D eigenvalue weighted by molar-refractivity contribution is -0.385. The van der Waals surface area contributed by atoms with Gasteiger partial charge in [-0.05, 0) is 25.0 Å². The first-order valence-corrected chi connectivity index (χ1v) is 6.05. The summed E-state index contributed by atoms with van der Waals surface area (Å²) in [6.45, 7) is 0. The van der Waals surface area contributed by atoms with Crippen LogP contribution in [0.3, 0.4) is 0 Å². The van der Waals surface area contributed by atoms with Crippen LogP contribution >= 0.6 is 0 Å². The third-order valence-electron chi connectivity index (χ3n) is 3.58. The summed E-state index contributed by atoms with van der Waals surface area (Å²) in [4.78, 5) is 12.5. The first kappa shape index (κ1) is 12.4. The molecular weight excluding hydrogens is 230 g/mol. The summed E-state index contributed by atoms with van der Waals surface area (Å²) in [7, 11) is 1.96. The average Bonchev–Trinajstić information content (AvgIpc) is 2.90. The van der Waals surface area contributed by atoms with Crippen molar-refractivity contribution in [2.45, 2.75) is 31.7 Å². The van der Waals surface area contributed by atoms with Crippen LogP contribution in [0.5, 0.6) is 0 Å². The molecule has 18 heavy (non-hydrogen) atoms. The molecule has 0 spiro atoms. The maximum Gasteiger partial charge on any atom is 0.289 e. The Morgan fingerprint density at radius 2 is 2.11 bits per heavy atom. The minimum absolute atomic E-state index is 0.111. The van der Waals surface area contributed by atoms with Crippen LogP contribution in [-0.2, 0) is 0 Å². The average molecular weight is 245 g/mol. The molecule has 5 nitrogen and oxygen atoms in total. The predicted octanol–water partition coefficient (Wildman–Crippen LogP) is 2.85. The molecule has 0 N–H and O–H groups in total. The van der Waals surface area contributed by atoms with Gasteiger partial charge in [0.15, 0.2) is 0 Å². The molecule has 0 aromatic heterocycles. The summed E-state index contributed by atoms with van der Waals surface area (Å²) >= 11 is 0. The molecule has 5 heteroatoms. The third-order valence-corrected chi connectivity index (χ3v) is 3.58. The molecule has 0 amide bonds. The van der Waals surface area contributed by atoms with E-state index in [1.165, 1.54) is 25.0 Å². The van der Waals surface area contributed by atoms with Crippen LogP contribution in [0.4, 0.5) is 11.4 Å². The van der Waals surface area contributed by atoms with Gasteiger partial charge in [0.25, 0.3) is 5.69 Å². The molecule has 0 atom stereocenters. The Balaban J connectivity index is 2.31. The minimum Gasteiger partial charge on any atom is -0.371 e. The van der Waals surface area contributed by atoms with E-state index < -0.39 is 4.92 Å². The molecule has 0 heterocycles. The lowest BCUT2D eigenvalue weighted by atomic mass is 10.1. The van der Waals surface area contributed by atoms with Gasteiger partial charge >= 0.3 is 0 Å². The van der Waals surface area contributed by atoms with Gasteiger partial charge in [-0.15, -0.1) is 0 Å². The van der Waals surface area contributed by atoms with Gasteiger partial charge in [-0.25, -0.2) is 0 Å². The van der Waals surface area contributed by atoms with E-state index in [0.717, 1.165) is 18.5 Å². The summed E-state index contributed by atoms with van der Waals surface area (Å²) in [6.07, 6.45) is 4.69. The number of hydrogen-bond donors (Lipinski definition) is 0. The normalized spacial score (nSPS) is 15.3. The second kappa shape index (κ2) is 5.05. The van der Waals surface area contributed by atoms with Crippen LogP contribution in [0.2, 0.25) is 0 Å². The highest BCUT2D eigenvalue weighted by molar-refractivity contribution is 5.60. The quantitative estimate of drug-likeness (QED) is 0.606. The van der Waals surface area contributed by atoms with Crippen LogP contribution in [-0.4, -0.2) is 18.0 Å². The molecule has 94 valence electrons. The maximum atomic E-state index is 10.9. The van der Waals surface area contributed by atoms with E-state index in [1.54, 1.807) is 6.07 Å². The first-order valence-electron chi connectivity index (χ1n) is 6.05. The Bertz CT molecular complexity index is 501. The maximum absolute atomic E-state index is 10.9. The van der Waals surface area contributed by atoms with Gasteiger partial charge in [0.05, 0.1) is 4.92 Å². The van der Waals surface area contributed by atoms with Crippen LogP contribution in [0, 0.1) is 21.4 Å². The van der Waals surface area contributed by atoms with Crippen molar-refractivity contribution < 1.29 is 4.92 Å². The van der Waals surface area contributed by atoms with E-state index in [0.29, 0.717) is 6.04 Å². The number of nitriles is 1. The van der Waals surface area contributed by atoms with E-state index in [-0.39, 0.29) is 11.3 Å². The molecule has 1 aromatic rings. The molecule has 0 saturated heterocycles. The van der Waals surface area contributed by atoms with Gasteiger partial charge in [0, 0.05) is 24.8 Å². The lowest BCUT2D eigenvalue weighted by Crippen LogP contribution is -2.28. The van der Waals surface area contributed by atoms with Crippen LogP contribution in [0.25, 0.3) is 0 Å². The van der Waals surface area contributed by atoms with E-state index in [1.807, 2.05) is 13.1 Å². The first-order chi connectivity index (χ1) is 8.63. The van der Waals surface area contributed by atoms with Crippen molar-refractivity contribution in [2.24, 2.45) is 0 Å². The fourth-order valence-corrected chi connectivity index (χ4v) is 2.49. The molecular formula is C13H15N3O2. The van der Waals surface area contributed by atoms with Crippen molar-refractivity contribution in [3.05, 3.63) is 33.9 Å². The molecule has 0 radical (unpaired) electrons. The highest BCUT2D eigenvalue weighted by Crippen LogP contribution is 2.30. The van der Waals surface area contributed by atoms with E-state index in [2.05, 4.69) is 4.90 Å². The highest BCUT2D eigenvalue weighted by Gasteiger charge is 2.22. The number of anilines is 1. The molecule has 0 bridgehead atoms. The molecule has 0 aliphatic heterocycles. The topological polar surface area (TPSA) is 70.2 Å². The van der Waals surface area contributed by atoms with Crippen LogP contribution < -0.4 is 4.90 Å². The molecule has 1 fully saturated rings. The van der Waals surface area contributed by atoms with Gasteiger partial charge in [0.1, 0.15) is 11.6 Å².